The fourth-order valence-electron chi connectivity index (χ4n) is 2.90. The number of benzene rings is 1. The van der Waals surface area contributed by atoms with Crippen molar-refractivity contribution in [3.8, 4) is 6.07 Å². The van der Waals surface area contributed by atoms with E-state index in [2.05, 4.69) is 37.3 Å². The summed E-state index contributed by atoms with van der Waals surface area (Å²) in [6.45, 7) is 2.23. The highest BCUT2D eigenvalue weighted by atomic mass is 14.4. The predicted molar refractivity (Wildman–Crippen MR) is 70.7 cm³/mol. The Labute approximate surface area is 104 Å². The Hall–Kier alpha value is -1.29. The van der Waals surface area contributed by atoms with Gasteiger partial charge in [-0.2, -0.15) is 5.26 Å². The molecule has 0 saturated carbocycles. The van der Waals surface area contributed by atoms with Crippen molar-refractivity contribution in [3.05, 3.63) is 35.4 Å². The van der Waals surface area contributed by atoms with Gasteiger partial charge >= 0.3 is 0 Å². The fourth-order valence-corrected chi connectivity index (χ4v) is 2.90. The standard InChI is InChI=1S/C16H21N/c1-2-3-4-7-10-16(13-17)11-14-8-5-6-9-15(14)12-16/h5-6,8-9H,2-4,7,10-12H2,1H3. The van der Waals surface area contributed by atoms with Gasteiger partial charge in [-0.25, -0.2) is 0 Å². The molecule has 2 rings (SSSR count). The summed E-state index contributed by atoms with van der Waals surface area (Å²) in [5.41, 5.74) is 2.69. The maximum Gasteiger partial charge on any atom is 0.0696 e. The Morgan fingerprint density at radius 1 is 1.12 bits per heavy atom. The minimum absolute atomic E-state index is 0.0998. The van der Waals surface area contributed by atoms with Gasteiger partial charge in [0.2, 0.25) is 0 Å². The van der Waals surface area contributed by atoms with E-state index in [9.17, 15) is 5.26 Å². The Morgan fingerprint density at radius 3 is 2.29 bits per heavy atom. The van der Waals surface area contributed by atoms with Crippen LogP contribution < -0.4 is 0 Å². The lowest BCUT2D eigenvalue weighted by atomic mass is 9.81. The third-order valence-corrected chi connectivity index (χ3v) is 3.92. The zero-order chi connectivity index (χ0) is 12.1. The first kappa shape index (κ1) is 12.2. The zero-order valence-corrected chi connectivity index (χ0v) is 10.7. The van der Waals surface area contributed by atoms with E-state index in [-0.39, 0.29) is 5.41 Å². The molecular weight excluding hydrogens is 206 g/mol. The molecule has 1 aliphatic carbocycles. The SMILES string of the molecule is CCCCCCC1(C#N)Cc2ccccc2C1. The van der Waals surface area contributed by atoms with Crippen molar-refractivity contribution in [2.24, 2.45) is 5.41 Å². The lowest BCUT2D eigenvalue weighted by Gasteiger charge is -2.19. The molecule has 0 radical (unpaired) electrons. The Morgan fingerprint density at radius 2 is 1.76 bits per heavy atom. The van der Waals surface area contributed by atoms with Gasteiger partial charge in [-0.15, -0.1) is 0 Å². The first-order chi connectivity index (χ1) is 8.29. The van der Waals surface area contributed by atoms with E-state index in [1.54, 1.807) is 0 Å². The second-order valence-corrected chi connectivity index (χ2v) is 5.33. The average molecular weight is 227 g/mol. The van der Waals surface area contributed by atoms with Gasteiger partial charge in [0.15, 0.2) is 0 Å². The van der Waals surface area contributed by atoms with Crippen molar-refractivity contribution in [1.29, 1.82) is 5.26 Å². The van der Waals surface area contributed by atoms with Crippen LogP contribution in [-0.2, 0) is 12.8 Å². The highest BCUT2D eigenvalue weighted by molar-refractivity contribution is 5.36. The lowest BCUT2D eigenvalue weighted by Crippen LogP contribution is -2.18. The number of nitrogens with zero attached hydrogens (tertiary/aromatic N) is 1. The van der Waals surface area contributed by atoms with Crippen molar-refractivity contribution < 1.29 is 0 Å². The van der Waals surface area contributed by atoms with Gasteiger partial charge in [0, 0.05) is 0 Å². The quantitative estimate of drug-likeness (QED) is 0.689. The van der Waals surface area contributed by atoms with Crippen LogP contribution in [0.5, 0.6) is 0 Å². The van der Waals surface area contributed by atoms with E-state index in [0.717, 1.165) is 19.3 Å². The molecule has 0 spiro atoms. The molecule has 0 heterocycles. The summed E-state index contributed by atoms with van der Waals surface area (Å²) in [6, 6.07) is 11.1. The van der Waals surface area contributed by atoms with Crippen molar-refractivity contribution in [3.63, 3.8) is 0 Å². The molecule has 0 bridgehead atoms. The molecule has 0 aromatic heterocycles. The summed E-state index contributed by atoms with van der Waals surface area (Å²) >= 11 is 0. The van der Waals surface area contributed by atoms with E-state index in [1.165, 1.54) is 36.8 Å². The minimum Gasteiger partial charge on any atom is -0.198 e. The minimum atomic E-state index is -0.0998. The fraction of sp³-hybridized carbons (Fsp3) is 0.562. The Balaban J connectivity index is 1.98. The van der Waals surface area contributed by atoms with Gasteiger partial charge in [0.1, 0.15) is 0 Å². The van der Waals surface area contributed by atoms with Crippen molar-refractivity contribution in [2.75, 3.05) is 0 Å². The van der Waals surface area contributed by atoms with Crippen LogP contribution in [0.15, 0.2) is 24.3 Å². The Kier molecular flexibility index (Phi) is 3.84. The molecule has 17 heavy (non-hydrogen) atoms. The molecule has 0 unspecified atom stereocenters. The van der Waals surface area contributed by atoms with E-state index in [0.29, 0.717) is 0 Å². The van der Waals surface area contributed by atoms with Crippen LogP contribution in [0, 0.1) is 16.7 Å². The topological polar surface area (TPSA) is 23.8 Å². The maximum absolute atomic E-state index is 9.50. The van der Waals surface area contributed by atoms with E-state index < -0.39 is 0 Å². The molecule has 1 aliphatic rings. The second kappa shape index (κ2) is 5.36. The molecule has 0 atom stereocenters. The highest BCUT2D eigenvalue weighted by Gasteiger charge is 2.36. The largest absolute Gasteiger partial charge is 0.198 e. The molecule has 1 aromatic carbocycles. The van der Waals surface area contributed by atoms with Crippen LogP contribution in [0.2, 0.25) is 0 Å². The van der Waals surface area contributed by atoms with Crippen LogP contribution in [0.3, 0.4) is 0 Å². The van der Waals surface area contributed by atoms with Crippen LogP contribution >= 0.6 is 0 Å². The molecule has 1 heteroatoms. The molecule has 0 aliphatic heterocycles. The van der Waals surface area contributed by atoms with E-state index in [1.807, 2.05) is 0 Å². The van der Waals surface area contributed by atoms with Crippen LogP contribution in [0.25, 0.3) is 0 Å². The number of hydrogen-bond donors (Lipinski definition) is 0. The highest BCUT2D eigenvalue weighted by Crippen LogP contribution is 2.40. The van der Waals surface area contributed by atoms with Crippen molar-refractivity contribution >= 4 is 0 Å². The van der Waals surface area contributed by atoms with Gasteiger partial charge in [-0.05, 0) is 30.4 Å². The van der Waals surface area contributed by atoms with Gasteiger partial charge < -0.3 is 0 Å². The summed E-state index contributed by atoms with van der Waals surface area (Å²) in [4.78, 5) is 0. The van der Waals surface area contributed by atoms with E-state index in [4.69, 9.17) is 0 Å². The second-order valence-electron chi connectivity index (χ2n) is 5.33. The number of unbranched alkanes of at least 4 members (excludes halogenated alkanes) is 3. The molecule has 0 amide bonds. The molecule has 1 nitrogen and oxygen atoms in total. The molecule has 90 valence electrons. The smallest absolute Gasteiger partial charge is 0.0696 e. The molecular formula is C16H21N. The molecule has 1 aromatic rings. The summed E-state index contributed by atoms with van der Waals surface area (Å²) in [7, 11) is 0. The van der Waals surface area contributed by atoms with Gasteiger partial charge in [0.25, 0.3) is 0 Å². The van der Waals surface area contributed by atoms with Crippen molar-refractivity contribution in [2.45, 2.75) is 51.9 Å². The van der Waals surface area contributed by atoms with E-state index >= 15 is 0 Å². The van der Waals surface area contributed by atoms with Crippen LogP contribution in [0.4, 0.5) is 0 Å². The first-order valence-electron chi connectivity index (χ1n) is 6.78. The molecule has 0 fully saturated rings. The lowest BCUT2D eigenvalue weighted by molar-refractivity contribution is 0.365. The maximum atomic E-state index is 9.50. The average Bonchev–Trinajstić information content (AvgIpc) is 2.74. The number of nitriles is 1. The number of rotatable bonds is 5. The van der Waals surface area contributed by atoms with Gasteiger partial charge in [-0.1, -0.05) is 56.9 Å². The first-order valence-corrected chi connectivity index (χ1v) is 6.78. The summed E-state index contributed by atoms with van der Waals surface area (Å²) < 4.78 is 0. The number of hydrogen-bond acceptors (Lipinski definition) is 1. The van der Waals surface area contributed by atoms with Gasteiger partial charge in [-0.3, -0.25) is 0 Å². The summed E-state index contributed by atoms with van der Waals surface area (Å²) in [5, 5.41) is 9.50. The predicted octanol–water partition coefficient (Wildman–Crippen LogP) is 4.27. The zero-order valence-electron chi connectivity index (χ0n) is 10.7. The monoisotopic (exact) mass is 227 g/mol. The van der Waals surface area contributed by atoms with Crippen LogP contribution in [-0.4, -0.2) is 0 Å². The van der Waals surface area contributed by atoms with Crippen LogP contribution in [0.1, 0.15) is 50.2 Å². The molecule has 0 N–H and O–H groups in total. The normalized spacial score (nSPS) is 16.5. The summed E-state index contributed by atoms with van der Waals surface area (Å²) in [5.74, 6) is 0. The third-order valence-electron chi connectivity index (χ3n) is 3.92. The molecule has 0 saturated heterocycles. The Bertz CT molecular complexity index is 389. The summed E-state index contributed by atoms with van der Waals surface area (Å²) in [6.07, 6.45) is 8.04. The third kappa shape index (κ3) is 2.69. The van der Waals surface area contributed by atoms with Gasteiger partial charge in [0.05, 0.1) is 11.5 Å². The van der Waals surface area contributed by atoms with Crippen molar-refractivity contribution in [1.82, 2.24) is 0 Å². The number of fused-ring (bicyclic) bond motifs is 1.